The Hall–Kier alpha value is -0.170. The fraction of sp³-hybridized carbons (Fsp3) is 1.00. The van der Waals surface area contributed by atoms with Gasteiger partial charge in [-0.15, -0.1) is 0 Å². The van der Waals surface area contributed by atoms with Crippen molar-refractivity contribution in [1.29, 1.82) is 0 Å². The third-order valence-electron chi connectivity index (χ3n) is 3.34. The number of aliphatic hydroxyl groups is 1. The van der Waals surface area contributed by atoms with Gasteiger partial charge in [-0.25, -0.2) is 4.72 Å². The van der Waals surface area contributed by atoms with Crippen LogP contribution in [-0.4, -0.2) is 44.1 Å². The molecule has 0 saturated carbocycles. The molecule has 1 aliphatic rings. The highest BCUT2D eigenvalue weighted by Crippen LogP contribution is 2.23. The van der Waals surface area contributed by atoms with Crippen LogP contribution in [0.25, 0.3) is 0 Å². The first kappa shape index (κ1) is 15.9. The number of piperidine rings is 1. The van der Waals surface area contributed by atoms with Crippen LogP contribution in [0.1, 0.15) is 34.1 Å². The van der Waals surface area contributed by atoms with Gasteiger partial charge in [-0.2, -0.15) is 12.7 Å². The number of aliphatic hydroxyl groups excluding tert-OH is 1. The molecule has 18 heavy (non-hydrogen) atoms. The molecule has 0 bridgehead atoms. The van der Waals surface area contributed by atoms with Gasteiger partial charge >= 0.3 is 0 Å². The smallest absolute Gasteiger partial charge is 0.279 e. The van der Waals surface area contributed by atoms with Crippen molar-refractivity contribution in [2.45, 2.75) is 34.1 Å². The van der Waals surface area contributed by atoms with E-state index < -0.39 is 15.6 Å². The minimum absolute atomic E-state index is 0.0394. The van der Waals surface area contributed by atoms with E-state index in [0.29, 0.717) is 24.9 Å². The first-order chi connectivity index (χ1) is 8.16. The number of hydrogen-bond acceptors (Lipinski definition) is 3. The van der Waals surface area contributed by atoms with Crippen molar-refractivity contribution in [2.24, 2.45) is 17.3 Å². The molecule has 2 N–H and O–H groups in total. The molecule has 2 unspecified atom stereocenters. The Kier molecular flexibility index (Phi) is 5.17. The predicted octanol–water partition coefficient (Wildman–Crippen LogP) is 0.817. The van der Waals surface area contributed by atoms with Crippen molar-refractivity contribution in [3.05, 3.63) is 0 Å². The minimum Gasteiger partial charge on any atom is -0.396 e. The molecule has 5 nitrogen and oxygen atoms in total. The molecule has 0 aromatic carbocycles. The van der Waals surface area contributed by atoms with Crippen LogP contribution in [-0.2, 0) is 10.2 Å². The lowest BCUT2D eigenvalue weighted by atomic mass is 9.94. The van der Waals surface area contributed by atoms with Crippen LogP contribution in [0.2, 0.25) is 0 Å². The van der Waals surface area contributed by atoms with Crippen LogP contribution in [0.5, 0.6) is 0 Å². The Morgan fingerprint density at radius 2 is 1.78 bits per heavy atom. The van der Waals surface area contributed by atoms with E-state index in [1.807, 2.05) is 13.8 Å². The van der Waals surface area contributed by atoms with Gasteiger partial charge in [0.15, 0.2) is 0 Å². The zero-order valence-corrected chi connectivity index (χ0v) is 12.6. The summed E-state index contributed by atoms with van der Waals surface area (Å²) in [5.41, 5.74) is -0.430. The molecular formula is C12H26N2O3S. The molecular weight excluding hydrogens is 252 g/mol. The summed E-state index contributed by atoms with van der Waals surface area (Å²) in [6.07, 6.45) is 1.08. The Labute approximate surface area is 111 Å². The maximum atomic E-state index is 12.2. The first-order valence-corrected chi connectivity index (χ1v) is 7.96. The summed E-state index contributed by atoms with van der Waals surface area (Å²) in [6, 6.07) is 0. The molecule has 1 fully saturated rings. The summed E-state index contributed by atoms with van der Waals surface area (Å²) in [5.74, 6) is 0.798. The molecule has 1 heterocycles. The van der Waals surface area contributed by atoms with Crippen LogP contribution in [0.4, 0.5) is 0 Å². The highest BCUT2D eigenvalue weighted by molar-refractivity contribution is 7.87. The second-order valence-electron chi connectivity index (χ2n) is 6.41. The standard InChI is InChI=1S/C12H26N2O3S/c1-10-5-11(2)7-14(6-10)18(16,17)13-8-12(3,4)9-15/h10-11,13,15H,5-9H2,1-4H3. The average Bonchev–Trinajstić information content (AvgIpc) is 2.25. The van der Waals surface area contributed by atoms with Gasteiger partial charge in [-0.05, 0) is 18.3 Å². The SMILES string of the molecule is CC1CC(C)CN(S(=O)(=O)NCC(C)(C)CO)C1. The normalized spacial score (nSPS) is 27.4. The molecule has 0 amide bonds. The van der Waals surface area contributed by atoms with Crippen LogP contribution in [0, 0.1) is 17.3 Å². The van der Waals surface area contributed by atoms with Crippen molar-refractivity contribution in [3.8, 4) is 0 Å². The molecule has 0 spiro atoms. The van der Waals surface area contributed by atoms with Crippen LogP contribution < -0.4 is 4.72 Å². The largest absolute Gasteiger partial charge is 0.396 e. The lowest BCUT2D eigenvalue weighted by Gasteiger charge is -2.34. The van der Waals surface area contributed by atoms with Gasteiger partial charge in [0.25, 0.3) is 10.2 Å². The molecule has 1 rings (SSSR count). The van der Waals surface area contributed by atoms with E-state index >= 15 is 0 Å². The van der Waals surface area contributed by atoms with Gasteiger partial charge < -0.3 is 5.11 Å². The lowest BCUT2D eigenvalue weighted by molar-refractivity contribution is 0.161. The van der Waals surface area contributed by atoms with Gasteiger partial charge in [0.05, 0.1) is 0 Å². The van der Waals surface area contributed by atoms with E-state index in [1.165, 1.54) is 4.31 Å². The second-order valence-corrected chi connectivity index (χ2v) is 8.17. The summed E-state index contributed by atoms with van der Waals surface area (Å²) in [6.45, 7) is 9.20. The van der Waals surface area contributed by atoms with E-state index in [2.05, 4.69) is 18.6 Å². The maximum absolute atomic E-state index is 12.2. The second kappa shape index (κ2) is 5.86. The number of rotatable bonds is 5. The predicted molar refractivity (Wildman–Crippen MR) is 72.3 cm³/mol. The van der Waals surface area contributed by atoms with Crippen molar-refractivity contribution in [3.63, 3.8) is 0 Å². The number of hydrogen-bond donors (Lipinski definition) is 2. The number of nitrogens with zero attached hydrogens (tertiary/aromatic N) is 1. The summed E-state index contributed by atoms with van der Waals surface area (Å²) in [4.78, 5) is 0. The molecule has 1 aliphatic heterocycles. The topological polar surface area (TPSA) is 69.6 Å². The van der Waals surface area contributed by atoms with Crippen molar-refractivity contribution in [2.75, 3.05) is 26.2 Å². The number of nitrogens with one attached hydrogen (secondary N) is 1. The quantitative estimate of drug-likeness (QED) is 0.782. The van der Waals surface area contributed by atoms with E-state index in [-0.39, 0.29) is 13.2 Å². The Balaban J connectivity index is 2.63. The zero-order valence-electron chi connectivity index (χ0n) is 11.8. The Morgan fingerprint density at radius 1 is 1.28 bits per heavy atom. The molecule has 0 radical (unpaired) electrons. The monoisotopic (exact) mass is 278 g/mol. The Bertz CT molecular complexity index is 358. The molecule has 108 valence electrons. The van der Waals surface area contributed by atoms with Crippen LogP contribution in [0.15, 0.2) is 0 Å². The van der Waals surface area contributed by atoms with Crippen LogP contribution >= 0.6 is 0 Å². The molecule has 0 aliphatic carbocycles. The third kappa shape index (κ3) is 4.50. The van der Waals surface area contributed by atoms with Crippen molar-refractivity contribution >= 4 is 10.2 Å². The fourth-order valence-electron chi connectivity index (χ4n) is 2.24. The summed E-state index contributed by atoms with van der Waals surface area (Å²) in [5, 5.41) is 9.14. The van der Waals surface area contributed by atoms with Gasteiger partial charge in [0.1, 0.15) is 0 Å². The highest BCUT2D eigenvalue weighted by Gasteiger charge is 2.31. The van der Waals surface area contributed by atoms with Gasteiger partial charge in [-0.3, -0.25) is 0 Å². The molecule has 6 heteroatoms. The van der Waals surface area contributed by atoms with Crippen LogP contribution in [0.3, 0.4) is 0 Å². The van der Waals surface area contributed by atoms with Crippen molar-refractivity contribution in [1.82, 2.24) is 9.03 Å². The van der Waals surface area contributed by atoms with E-state index in [1.54, 1.807) is 0 Å². The fourth-order valence-corrected chi connectivity index (χ4v) is 3.89. The van der Waals surface area contributed by atoms with Gasteiger partial charge in [0, 0.05) is 31.7 Å². The average molecular weight is 278 g/mol. The highest BCUT2D eigenvalue weighted by atomic mass is 32.2. The molecule has 2 atom stereocenters. The molecule has 0 aromatic rings. The third-order valence-corrected chi connectivity index (χ3v) is 4.82. The summed E-state index contributed by atoms with van der Waals surface area (Å²) in [7, 11) is -3.42. The van der Waals surface area contributed by atoms with Crippen molar-refractivity contribution < 1.29 is 13.5 Å². The summed E-state index contributed by atoms with van der Waals surface area (Å²) >= 11 is 0. The minimum atomic E-state index is -3.42. The summed E-state index contributed by atoms with van der Waals surface area (Å²) < 4.78 is 28.5. The maximum Gasteiger partial charge on any atom is 0.279 e. The molecule has 1 saturated heterocycles. The first-order valence-electron chi connectivity index (χ1n) is 6.52. The lowest BCUT2D eigenvalue weighted by Crippen LogP contribution is -2.49. The van der Waals surface area contributed by atoms with E-state index in [4.69, 9.17) is 5.11 Å². The van der Waals surface area contributed by atoms with Gasteiger partial charge in [0.2, 0.25) is 0 Å². The molecule has 0 aromatic heterocycles. The zero-order chi connectivity index (χ0) is 14.0. The van der Waals surface area contributed by atoms with E-state index in [0.717, 1.165) is 6.42 Å². The van der Waals surface area contributed by atoms with E-state index in [9.17, 15) is 8.42 Å². The Morgan fingerprint density at radius 3 is 2.22 bits per heavy atom. The van der Waals surface area contributed by atoms with Gasteiger partial charge in [-0.1, -0.05) is 27.7 Å².